The standard InChI is InChI=1S/C14H12F3N3O7S2/c1-27-10-4-2-9(3-5-10)18-28(23,24)11-6-7-12(13(8-11)20(21)22)19-29(25,26)14(15,16)17/h2-8,18-19H,1H3. The number of anilines is 2. The van der Waals surface area contributed by atoms with Crippen molar-refractivity contribution >= 4 is 37.1 Å². The molecule has 0 bridgehead atoms. The molecule has 0 aliphatic heterocycles. The summed E-state index contributed by atoms with van der Waals surface area (Å²) in [5.41, 5.74) is -7.87. The lowest BCUT2D eigenvalue weighted by atomic mass is 10.3. The summed E-state index contributed by atoms with van der Waals surface area (Å²) in [6.07, 6.45) is 0. The van der Waals surface area contributed by atoms with Crippen molar-refractivity contribution in [1.29, 1.82) is 0 Å². The van der Waals surface area contributed by atoms with Gasteiger partial charge in [0.05, 0.1) is 16.9 Å². The fourth-order valence-electron chi connectivity index (χ4n) is 1.99. The molecule has 0 radical (unpaired) electrons. The van der Waals surface area contributed by atoms with Crippen molar-refractivity contribution in [3.63, 3.8) is 0 Å². The zero-order valence-electron chi connectivity index (χ0n) is 14.3. The molecule has 0 aliphatic rings. The minimum atomic E-state index is -5.94. The molecule has 0 aliphatic carbocycles. The third kappa shape index (κ3) is 5.05. The maximum absolute atomic E-state index is 12.5. The van der Waals surface area contributed by atoms with Crippen LogP contribution in [0.2, 0.25) is 0 Å². The molecule has 15 heteroatoms. The Kier molecular flexibility index (Phi) is 5.94. The van der Waals surface area contributed by atoms with Crippen LogP contribution in [0.5, 0.6) is 5.75 Å². The summed E-state index contributed by atoms with van der Waals surface area (Å²) in [5, 5.41) is 11.1. The number of methoxy groups -OCH3 is 1. The Bertz CT molecular complexity index is 1130. The predicted molar refractivity (Wildman–Crippen MR) is 95.5 cm³/mol. The highest BCUT2D eigenvalue weighted by Crippen LogP contribution is 2.32. The number of ether oxygens (including phenoxy) is 1. The summed E-state index contributed by atoms with van der Waals surface area (Å²) in [4.78, 5) is 9.23. The van der Waals surface area contributed by atoms with Gasteiger partial charge in [-0.1, -0.05) is 0 Å². The number of hydrogen-bond acceptors (Lipinski definition) is 7. The van der Waals surface area contributed by atoms with Gasteiger partial charge in [0, 0.05) is 11.8 Å². The van der Waals surface area contributed by atoms with Crippen molar-refractivity contribution in [2.75, 3.05) is 16.6 Å². The SMILES string of the molecule is COc1ccc(NS(=O)(=O)c2ccc(NS(=O)(=O)C(F)(F)F)c([N+](=O)[O-])c2)cc1. The van der Waals surface area contributed by atoms with Crippen LogP contribution < -0.4 is 14.2 Å². The molecular weight excluding hydrogens is 443 g/mol. The summed E-state index contributed by atoms with van der Waals surface area (Å²) in [6, 6.07) is 7.26. The largest absolute Gasteiger partial charge is 0.516 e. The molecule has 0 amide bonds. The van der Waals surface area contributed by atoms with E-state index in [1.54, 1.807) is 0 Å². The van der Waals surface area contributed by atoms with Crippen molar-refractivity contribution in [1.82, 2.24) is 0 Å². The first-order chi connectivity index (χ1) is 13.3. The highest BCUT2D eigenvalue weighted by molar-refractivity contribution is 7.93. The molecule has 0 unspecified atom stereocenters. The Balaban J connectivity index is 2.41. The second-order valence-corrected chi connectivity index (χ2v) is 8.68. The summed E-state index contributed by atoms with van der Waals surface area (Å²) in [7, 11) is -8.92. The summed E-state index contributed by atoms with van der Waals surface area (Å²) < 4.78 is 92.7. The number of hydrogen-bond donors (Lipinski definition) is 2. The fraction of sp³-hybridized carbons (Fsp3) is 0.143. The average molecular weight is 455 g/mol. The average Bonchev–Trinajstić information content (AvgIpc) is 2.60. The quantitative estimate of drug-likeness (QED) is 0.482. The van der Waals surface area contributed by atoms with Crippen molar-refractivity contribution in [2.45, 2.75) is 10.4 Å². The first-order valence-corrected chi connectivity index (χ1v) is 10.3. The first-order valence-electron chi connectivity index (χ1n) is 7.31. The number of nitro groups is 1. The third-order valence-corrected chi connectivity index (χ3v) is 5.84. The van der Waals surface area contributed by atoms with Gasteiger partial charge in [-0.05, 0) is 36.4 Å². The topological polar surface area (TPSA) is 145 Å². The van der Waals surface area contributed by atoms with Crippen LogP contribution in [0.1, 0.15) is 0 Å². The number of nitrogens with zero attached hydrogens (tertiary/aromatic N) is 1. The van der Waals surface area contributed by atoms with Crippen molar-refractivity contribution in [3.05, 3.63) is 52.6 Å². The minimum Gasteiger partial charge on any atom is -0.497 e. The maximum atomic E-state index is 12.5. The smallest absolute Gasteiger partial charge is 0.497 e. The maximum Gasteiger partial charge on any atom is 0.516 e. The molecule has 0 fully saturated rings. The van der Waals surface area contributed by atoms with Crippen molar-refractivity contribution in [3.8, 4) is 5.75 Å². The van der Waals surface area contributed by atoms with Gasteiger partial charge in [0.2, 0.25) is 0 Å². The van der Waals surface area contributed by atoms with E-state index in [-0.39, 0.29) is 5.69 Å². The molecule has 0 heterocycles. The summed E-state index contributed by atoms with van der Waals surface area (Å²) in [6.45, 7) is 0. The van der Waals surface area contributed by atoms with E-state index in [1.807, 2.05) is 0 Å². The number of halogens is 3. The molecule has 10 nitrogen and oxygen atoms in total. The molecule has 0 spiro atoms. The Morgan fingerprint density at radius 2 is 1.59 bits per heavy atom. The van der Waals surface area contributed by atoms with E-state index in [0.717, 1.165) is 4.72 Å². The number of nitrogens with one attached hydrogen (secondary N) is 2. The van der Waals surface area contributed by atoms with E-state index in [0.29, 0.717) is 23.9 Å². The number of rotatable bonds is 7. The van der Waals surface area contributed by atoms with E-state index in [9.17, 15) is 40.1 Å². The van der Waals surface area contributed by atoms with Gasteiger partial charge in [0.25, 0.3) is 15.7 Å². The van der Waals surface area contributed by atoms with Gasteiger partial charge in [-0.25, -0.2) is 8.42 Å². The zero-order valence-corrected chi connectivity index (χ0v) is 15.9. The van der Waals surface area contributed by atoms with Gasteiger partial charge in [0.15, 0.2) is 0 Å². The molecular formula is C14H12F3N3O7S2. The lowest BCUT2D eigenvalue weighted by Crippen LogP contribution is -2.30. The number of alkyl halides is 3. The normalized spacial score (nSPS) is 12.3. The van der Waals surface area contributed by atoms with Gasteiger partial charge in [-0.3, -0.25) is 19.6 Å². The molecule has 0 saturated carbocycles. The second kappa shape index (κ2) is 7.75. The van der Waals surface area contributed by atoms with Crippen LogP contribution in [0.15, 0.2) is 47.4 Å². The van der Waals surface area contributed by atoms with Gasteiger partial charge < -0.3 is 4.74 Å². The van der Waals surface area contributed by atoms with Gasteiger partial charge >= 0.3 is 15.5 Å². The molecule has 0 aromatic heterocycles. The molecule has 158 valence electrons. The Morgan fingerprint density at radius 3 is 2.07 bits per heavy atom. The van der Waals surface area contributed by atoms with Crippen LogP contribution >= 0.6 is 0 Å². The van der Waals surface area contributed by atoms with Crippen LogP contribution in [0, 0.1) is 10.1 Å². The summed E-state index contributed by atoms with van der Waals surface area (Å²) in [5.74, 6) is 0.435. The fourth-order valence-corrected chi connectivity index (χ4v) is 3.65. The molecule has 0 atom stereocenters. The van der Waals surface area contributed by atoms with Crippen LogP contribution in [-0.4, -0.2) is 34.4 Å². The van der Waals surface area contributed by atoms with Crippen LogP contribution in [-0.2, 0) is 20.0 Å². The van der Waals surface area contributed by atoms with Crippen molar-refractivity contribution < 1.29 is 39.7 Å². The first kappa shape index (κ1) is 22.2. The van der Waals surface area contributed by atoms with E-state index in [4.69, 9.17) is 4.74 Å². The Morgan fingerprint density at radius 1 is 1.00 bits per heavy atom. The molecule has 2 aromatic rings. The molecule has 2 rings (SSSR count). The molecule has 0 saturated heterocycles. The summed E-state index contributed by atoms with van der Waals surface area (Å²) >= 11 is 0. The van der Waals surface area contributed by atoms with E-state index in [2.05, 4.69) is 4.72 Å². The monoisotopic (exact) mass is 455 g/mol. The minimum absolute atomic E-state index is 0.0790. The van der Waals surface area contributed by atoms with Gasteiger partial charge in [-0.15, -0.1) is 0 Å². The van der Waals surface area contributed by atoms with E-state index in [1.165, 1.54) is 31.4 Å². The number of sulfonamides is 2. The lowest BCUT2D eigenvalue weighted by Gasteiger charge is -2.12. The van der Waals surface area contributed by atoms with E-state index >= 15 is 0 Å². The number of benzene rings is 2. The Hall–Kier alpha value is -3.07. The van der Waals surface area contributed by atoms with Gasteiger partial charge in [0.1, 0.15) is 11.4 Å². The second-order valence-electron chi connectivity index (χ2n) is 5.32. The van der Waals surface area contributed by atoms with Gasteiger partial charge in [-0.2, -0.15) is 21.6 Å². The molecule has 2 aromatic carbocycles. The zero-order chi connectivity index (χ0) is 22.0. The van der Waals surface area contributed by atoms with Crippen LogP contribution in [0.4, 0.5) is 30.2 Å². The van der Waals surface area contributed by atoms with Crippen LogP contribution in [0.25, 0.3) is 0 Å². The highest BCUT2D eigenvalue weighted by atomic mass is 32.2. The Labute approximate surface area is 162 Å². The molecule has 2 N–H and O–H groups in total. The third-order valence-electron chi connectivity index (χ3n) is 3.37. The lowest BCUT2D eigenvalue weighted by molar-refractivity contribution is -0.384. The molecule has 29 heavy (non-hydrogen) atoms. The highest BCUT2D eigenvalue weighted by Gasteiger charge is 2.46. The van der Waals surface area contributed by atoms with Crippen LogP contribution in [0.3, 0.4) is 0 Å². The van der Waals surface area contributed by atoms with E-state index < -0.39 is 46.7 Å². The van der Waals surface area contributed by atoms with Crippen molar-refractivity contribution in [2.24, 2.45) is 0 Å². The number of nitro benzene ring substituents is 1. The predicted octanol–water partition coefficient (Wildman–Crippen LogP) is 2.67.